The summed E-state index contributed by atoms with van der Waals surface area (Å²) in [4.78, 5) is 34.7. The van der Waals surface area contributed by atoms with Crippen molar-refractivity contribution in [1.29, 1.82) is 0 Å². The molecule has 3 aromatic rings. The van der Waals surface area contributed by atoms with Gasteiger partial charge in [0, 0.05) is 28.4 Å². The van der Waals surface area contributed by atoms with E-state index < -0.39 is 11.8 Å². The number of fused-ring (bicyclic) bond motifs is 1. The molecule has 8 heteroatoms. The number of carbonyl (C=O) groups excluding carboxylic acids is 2. The van der Waals surface area contributed by atoms with Gasteiger partial charge in [0.15, 0.2) is 0 Å². The van der Waals surface area contributed by atoms with Crippen LogP contribution in [0.25, 0.3) is 11.0 Å². The first-order chi connectivity index (χ1) is 10.6. The summed E-state index contributed by atoms with van der Waals surface area (Å²) in [6, 6.07) is 5.01. The molecule has 3 heterocycles. The highest BCUT2D eigenvalue weighted by Gasteiger charge is 2.19. The van der Waals surface area contributed by atoms with Crippen molar-refractivity contribution in [3.05, 3.63) is 52.5 Å². The van der Waals surface area contributed by atoms with E-state index in [0.717, 1.165) is 0 Å². The Morgan fingerprint density at radius 1 is 1.32 bits per heavy atom. The molecule has 4 N–H and O–H groups in total. The van der Waals surface area contributed by atoms with E-state index in [1.807, 2.05) is 0 Å². The maximum Gasteiger partial charge on any atom is 0.267 e. The maximum absolute atomic E-state index is 12.3. The molecule has 0 saturated carbocycles. The number of hydrogen-bond donors (Lipinski definition) is 3. The summed E-state index contributed by atoms with van der Waals surface area (Å²) in [6.45, 7) is 0. The quantitative estimate of drug-likeness (QED) is 0.663. The second-order valence-corrected chi connectivity index (χ2v) is 5.40. The molecule has 110 valence electrons. The number of aromatic nitrogens is 3. The lowest BCUT2D eigenvalue weighted by Gasteiger charge is -2.05. The van der Waals surface area contributed by atoms with E-state index in [4.69, 9.17) is 5.73 Å². The third kappa shape index (κ3) is 2.56. The van der Waals surface area contributed by atoms with Gasteiger partial charge in [-0.15, -0.1) is 0 Å². The molecular formula is C14H10BrN5O2. The zero-order chi connectivity index (χ0) is 15.7. The van der Waals surface area contributed by atoms with Crippen molar-refractivity contribution >= 4 is 44.5 Å². The molecule has 7 nitrogen and oxygen atoms in total. The third-order valence-corrected chi connectivity index (χ3v) is 3.46. The fourth-order valence-electron chi connectivity index (χ4n) is 2.04. The molecule has 0 aromatic carbocycles. The summed E-state index contributed by atoms with van der Waals surface area (Å²) >= 11 is 3.31. The number of H-pyrrole nitrogens is 1. The zero-order valence-corrected chi connectivity index (χ0v) is 12.7. The van der Waals surface area contributed by atoms with Gasteiger partial charge in [-0.25, -0.2) is 4.98 Å². The molecule has 0 radical (unpaired) electrons. The molecule has 0 bridgehead atoms. The third-order valence-electron chi connectivity index (χ3n) is 3.03. The van der Waals surface area contributed by atoms with Crippen LogP contribution >= 0.6 is 15.9 Å². The zero-order valence-electron chi connectivity index (χ0n) is 11.1. The monoisotopic (exact) mass is 359 g/mol. The molecule has 0 saturated heterocycles. The SMILES string of the molecule is NC(=O)c1[nH]c2ncc(Br)cc2c1NC(=O)c1cccnc1. The van der Waals surface area contributed by atoms with Gasteiger partial charge in [0.25, 0.3) is 11.8 Å². The van der Waals surface area contributed by atoms with E-state index >= 15 is 0 Å². The summed E-state index contributed by atoms with van der Waals surface area (Å²) in [5, 5.41) is 3.27. The molecule has 22 heavy (non-hydrogen) atoms. The molecule has 0 unspecified atom stereocenters. The summed E-state index contributed by atoms with van der Waals surface area (Å²) in [6.07, 6.45) is 4.58. The number of pyridine rings is 2. The van der Waals surface area contributed by atoms with E-state index in [1.54, 1.807) is 30.6 Å². The number of aromatic amines is 1. The summed E-state index contributed by atoms with van der Waals surface area (Å²) in [5.41, 5.74) is 6.58. The van der Waals surface area contributed by atoms with Gasteiger partial charge in [0.1, 0.15) is 11.3 Å². The minimum atomic E-state index is -0.685. The highest BCUT2D eigenvalue weighted by molar-refractivity contribution is 9.10. The van der Waals surface area contributed by atoms with Crippen molar-refractivity contribution < 1.29 is 9.59 Å². The Labute approximate surface area is 133 Å². The number of primary amides is 1. The van der Waals surface area contributed by atoms with Crippen molar-refractivity contribution in [2.45, 2.75) is 0 Å². The minimum absolute atomic E-state index is 0.0952. The average molecular weight is 360 g/mol. The van der Waals surface area contributed by atoms with Crippen LogP contribution in [0, 0.1) is 0 Å². The van der Waals surface area contributed by atoms with E-state index in [-0.39, 0.29) is 5.69 Å². The van der Waals surface area contributed by atoms with Crippen LogP contribution < -0.4 is 11.1 Å². The lowest BCUT2D eigenvalue weighted by molar-refractivity contribution is 0.0997. The van der Waals surface area contributed by atoms with Gasteiger partial charge < -0.3 is 16.0 Å². The molecule has 0 atom stereocenters. The number of nitrogens with zero attached hydrogens (tertiary/aromatic N) is 2. The van der Waals surface area contributed by atoms with Gasteiger partial charge >= 0.3 is 0 Å². The first kappa shape index (κ1) is 14.2. The molecule has 2 amide bonds. The number of hydrogen-bond acceptors (Lipinski definition) is 4. The van der Waals surface area contributed by atoms with Crippen molar-refractivity contribution in [1.82, 2.24) is 15.0 Å². The van der Waals surface area contributed by atoms with Gasteiger partial charge in [0.2, 0.25) is 0 Å². The highest BCUT2D eigenvalue weighted by atomic mass is 79.9. The normalized spacial score (nSPS) is 10.6. The van der Waals surface area contributed by atoms with Crippen LogP contribution in [-0.4, -0.2) is 26.8 Å². The van der Waals surface area contributed by atoms with E-state index in [1.165, 1.54) is 6.20 Å². The molecule has 0 aliphatic heterocycles. The van der Waals surface area contributed by atoms with Crippen LogP contribution in [0.5, 0.6) is 0 Å². The number of anilines is 1. The minimum Gasteiger partial charge on any atom is -0.364 e. The Bertz CT molecular complexity index is 876. The topological polar surface area (TPSA) is 114 Å². The number of amides is 2. The number of rotatable bonds is 3. The van der Waals surface area contributed by atoms with E-state index in [0.29, 0.717) is 26.8 Å². The summed E-state index contributed by atoms with van der Waals surface area (Å²) in [5.74, 6) is -1.08. The van der Waals surface area contributed by atoms with Crippen LogP contribution in [0.2, 0.25) is 0 Å². The number of carbonyl (C=O) groups is 2. The Balaban J connectivity index is 2.09. The Hall–Kier alpha value is -2.74. The molecule has 0 aliphatic rings. The highest BCUT2D eigenvalue weighted by Crippen LogP contribution is 2.29. The van der Waals surface area contributed by atoms with Gasteiger partial charge in [-0.2, -0.15) is 0 Å². The van der Waals surface area contributed by atoms with Crippen molar-refractivity contribution in [3.8, 4) is 0 Å². The number of nitrogens with one attached hydrogen (secondary N) is 2. The molecule has 3 rings (SSSR count). The van der Waals surface area contributed by atoms with Crippen molar-refractivity contribution in [3.63, 3.8) is 0 Å². The van der Waals surface area contributed by atoms with Crippen LogP contribution in [-0.2, 0) is 0 Å². The van der Waals surface area contributed by atoms with Crippen LogP contribution in [0.4, 0.5) is 5.69 Å². The second kappa shape index (κ2) is 5.57. The van der Waals surface area contributed by atoms with Crippen molar-refractivity contribution in [2.75, 3.05) is 5.32 Å². The maximum atomic E-state index is 12.3. The van der Waals surface area contributed by atoms with Gasteiger partial charge in [0.05, 0.1) is 11.3 Å². The summed E-state index contributed by atoms with van der Waals surface area (Å²) < 4.78 is 0.715. The van der Waals surface area contributed by atoms with Crippen LogP contribution in [0.3, 0.4) is 0 Å². The second-order valence-electron chi connectivity index (χ2n) is 4.48. The average Bonchev–Trinajstić information content (AvgIpc) is 2.86. The van der Waals surface area contributed by atoms with E-state index in [9.17, 15) is 9.59 Å². The van der Waals surface area contributed by atoms with Gasteiger partial charge in [-0.05, 0) is 34.1 Å². The predicted octanol–water partition coefficient (Wildman–Crippen LogP) is 2.07. The fourth-order valence-corrected chi connectivity index (χ4v) is 2.37. The smallest absolute Gasteiger partial charge is 0.267 e. The van der Waals surface area contributed by atoms with Gasteiger partial charge in [-0.3, -0.25) is 14.6 Å². The Morgan fingerprint density at radius 2 is 2.14 bits per heavy atom. The predicted molar refractivity (Wildman–Crippen MR) is 84.5 cm³/mol. The molecular weight excluding hydrogens is 350 g/mol. The fraction of sp³-hybridized carbons (Fsp3) is 0. The lowest BCUT2D eigenvalue weighted by atomic mass is 10.2. The van der Waals surface area contributed by atoms with Gasteiger partial charge in [-0.1, -0.05) is 0 Å². The van der Waals surface area contributed by atoms with E-state index in [2.05, 4.69) is 36.2 Å². The van der Waals surface area contributed by atoms with Crippen LogP contribution in [0.15, 0.2) is 41.3 Å². The lowest BCUT2D eigenvalue weighted by Crippen LogP contribution is -2.18. The first-order valence-electron chi connectivity index (χ1n) is 6.24. The Morgan fingerprint density at radius 3 is 2.82 bits per heavy atom. The van der Waals surface area contributed by atoms with Crippen LogP contribution in [0.1, 0.15) is 20.8 Å². The number of nitrogens with two attached hydrogens (primary N) is 1. The largest absolute Gasteiger partial charge is 0.364 e. The molecule has 3 aromatic heterocycles. The Kier molecular flexibility index (Phi) is 3.60. The molecule has 0 spiro atoms. The standard InChI is InChI=1S/C14H10BrN5O2/c15-8-4-9-10(11(12(16)21)19-13(9)18-6-8)20-14(22)7-2-1-3-17-5-7/h1-6H,(H2,16,21)(H,18,19)(H,20,22). The first-order valence-corrected chi connectivity index (χ1v) is 7.04. The molecule has 0 fully saturated rings. The number of halogens is 1. The summed E-state index contributed by atoms with van der Waals surface area (Å²) in [7, 11) is 0. The van der Waals surface area contributed by atoms with Crippen molar-refractivity contribution in [2.24, 2.45) is 5.73 Å². The molecule has 0 aliphatic carbocycles.